The van der Waals surface area contributed by atoms with E-state index in [1.54, 1.807) is 0 Å². The number of hydrogen-bond acceptors (Lipinski definition) is 1. The quantitative estimate of drug-likeness (QED) is 0.350. The van der Waals surface area contributed by atoms with Gasteiger partial charge in [0.05, 0.1) is 0 Å². The van der Waals surface area contributed by atoms with Crippen molar-refractivity contribution in [3.05, 3.63) is 126 Å². The molecule has 4 rings (SSSR count). The van der Waals surface area contributed by atoms with Crippen molar-refractivity contribution in [3.8, 4) is 16.9 Å². The molecule has 0 aromatic heterocycles. The van der Waals surface area contributed by atoms with Crippen molar-refractivity contribution in [2.45, 2.75) is 0 Å². The second-order valence-corrected chi connectivity index (χ2v) is 8.33. The summed E-state index contributed by atoms with van der Waals surface area (Å²) < 4.78 is 22.2. The Kier molecular flexibility index (Phi) is 5.91. The van der Waals surface area contributed by atoms with Crippen LogP contribution in [0, 0.1) is 0 Å². The standard InChI is InChI=1S/C13H10.C12H10O.FH.Ti/c1-3-7-12(8-4-1)11-13-9-5-2-6-10-13;13-12-8-4-7-11(9-12)10-5-2-1-3-6-10;;/h1-10H;1-9,13H;1H;/q;;;+2/p-2. The molecule has 0 unspecified atom stereocenters. The molecule has 0 aliphatic heterocycles. The Morgan fingerprint density at radius 3 is 1.64 bits per heavy atom. The van der Waals surface area contributed by atoms with Gasteiger partial charge in [0.2, 0.25) is 0 Å². The van der Waals surface area contributed by atoms with Gasteiger partial charge in [-0.25, -0.2) is 0 Å². The van der Waals surface area contributed by atoms with Gasteiger partial charge >= 0.3 is 172 Å². The van der Waals surface area contributed by atoms with Crippen molar-refractivity contribution in [1.82, 2.24) is 0 Å². The van der Waals surface area contributed by atoms with Crippen molar-refractivity contribution >= 4 is 3.81 Å². The first-order valence-corrected chi connectivity index (χ1v) is 11.2. The molecule has 0 amide bonds. The Labute approximate surface area is 171 Å². The van der Waals surface area contributed by atoms with Crippen LogP contribution in [0.4, 0.5) is 3.09 Å². The molecule has 0 N–H and O–H groups in total. The molecule has 0 radical (unpaired) electrons. The molecule has 0 saturated heterocycles. The predicted octanol–water partition coefficient (Wildman–Crippen LogP) is 6.42. The molecule has 0 fully saturated rings. The second-order valence-electron chi connectivity index (χ2n) is 6.38. The van der Waals surface area contributed by atoms with Crippen molar-refractivity contribution in [2.75, 3.05) is 0 Å². The minimum atomic E-state index is -3.52. The zero-order valence-corrected chi connectivity index (χ0v) is 16.8. The van der Waals surface area contributed by atoms with E-state index in [9.17, 15) is 0 Å². The van der Waals surface area contributed by atoms with Gasteiger partial charge in [-0.3, -0.25) is 0 Å². The van der Waals surface area contributed by atoms with Gasteiger partial charge in [-0.05, 0) is 0 Å². The van der Waals surface area contributed by atoms with Crippen LogP contribution in [0.2, 0.25) is 0 Å². The molecule has 0 heterocycles. The van der Waals surface area contributed by atoms with Gasteiger partial charge in [0.1, 0.15) is 0 Å². The van der Waals surface area contributed by atoms with Gasteiger partial charge in [0.25, 0.3) is 0 Å². The zero-order valence-electron chi connectivity index (χ0n) is 15.3. The molecular formula is C25H19FOTi. The van der Waals surface area contributed by atoms with Crippen molar-refractivity contribution in [3.63, 3.8) is 0 Å². The van der Waals surface area contributed by atoms with E-state index < -0.39 is 18.3 Å². The second kappa shape index (κ2) is 8.92. The van der Waals surface area contributed by atoms with Crippen LogP contribution in [0.3, 0.4) is 0 Å². The summed E-state index contributed by atoms with van der Waals surface area (Å²) in [4.78, 5) is 0. The van der Waals surface area contributed by atoms with Crippen LogP contribution in [0.1, 0.15) is 11.1 Å². The van der Waals surface area contributed by atoms with Crippen LogP contribution in [0.25, 0.3) is 11.1 Å². The molecule has 3 heteroatoms. The summed E-state index contributed by atoms with van der Waals surface area (Å²) in [5.41, 5.74) is 3.87. The maximum absolute atomic E-state index is 15.6. The fourth-order valence-corrected chi connectivity index (χ4v) is 5.04. The van der Waals surface area contributed by atoms with Crippen molar-refractivity contribution in [1.29, 1.82) is 0 Å². The Hall–Kier alpha value is -2.81. The van der Waals surface area contributed by atoms with Gasteiger partial charge < -0.3 is 0 Å². The van der Waals surface area contributed by atoms with Crippen molar-refractivity contribution < 1.29 is 24.7 Å². The molecule has 0 spiro atoms. The number of benzene rings is 4. The average molecular weight is 402 g/mol. The van der Waals surface area contributed by atoms with Crippen LogP contribution in [-0.4, -0.2) is 3.81 Å². The fraction of sp³-hybridized carbons (Fsp3) is 0. The molecule has 0 saturated carbocycles. The summed E-state index contributed by atoms with van der Waals surface area (Å²) in [6.07, 6.45) is 0. The molecule has 0 aliphatic carbocycles. The predicted molar refractivity (Wildman–Crippen MR) is 110 cm³/mol. The number of rotatable bonds is 5. The van der Waals surface area contributed by atoms with E-state index in [4.69, 9.17) is 3.32 Å². The Morgan fingerprint density at radius 1 is 0.571 bits per heavy atom. The van der Waals surface area contributed by atoms with E-state index in [-0.39, 0.29) is 0 Å². The summed E-state index contributed by atoms with van der Waals surface area (Å²) in [6, 6.07) is 37.1. The third-order valence-electron chi connectivity index (χ3n) is 4.47. The van der Waals surface area contributed by atoms with E-state index in [2.05, 4.69) is 0 Å². The SMILES string of the molecule is [F][Ti]([O]c1cccc(-c2ccccc2)c1)=[C](c1ccccc1)c1ccccc1. The van der Waals surface area contributed by atoms with Crippen LogP contribution < -0.4 is 3.32 Å². The van der Waals surface area contributed by atoms with Crippen LogP contribution in [0.5, 0.6) is 5.75 Å². The summed E-state index contributed by atoms with van der Waals surface area (Å²) in [7, 11) is 0. The molecule has 1 nitrogen and oxygen atoms in total. The van der Waals surface area contributed by atoms with E-state index >= 15 is 3.09 Å². The monoisotopic (exact) mass is 402 g/mol. The molecular weight excluding hydrogens is 383 g/mol. The third-order valence-corrected chi connectivity index (χ3v) is 6.63. The van der Waals surface area contributed by atoms with Gasteiger partial charge in [-0.2, -0.15) is 0 Å². The van der Waals surface area contributed by atoms with E-state index in [1.165, 1.54) is 0 Å². The zero-order chi connectivity index (χ0) is 19.2. The number of halogens is 1. The molecule has 0 atom stereocenters. The number of hydrogen-bond donors (Lipinski definition) is 0. The average Bonchev–Trinajstić information content (AvgIpc) is 2.76. The van der Waals surface area contributed by atoms with Crippen LogP contribution in [-0.2, 0) is 18.3 Å². The Bertz CT molecular complexity index is 1040. The Balaban J connectivity index is 1.73. The van der Waals surface area contributed by atoms with Gasteiger partial charge in [-0.15, -0.1) is 0 Å². The molecule has 0 bridgehead atoms. The molecule has 28 heavy (non-hydrogen) atoms. The van der Waals surface area contributed by atoms with Crippen LogP contribution >= 0.6 is 0 Å². The maximum atomic E-state index is 15.6. The van der Waals surface area contributed by atoms with E-state index in [0.29, 0.717) is 9.56 Å². The molecule has 4 aromatic carbocycles. The minimum absolute atomic E-state index is 0.572. The normalized spacial score (nSPS) is 10.3. The summed E-state index contributed by atoms with van der Waals surface area (Å²) in [5.74, 6) is 0.572. The van der Waals surface area contributed by atoms with Gasteiger partial charge in [0.15, 0.2) is 0 Å². The molecule has 136 valence electrons. The molecule has 0 aliphatic rings. The molecule has 4 aromatic rings. The van der Waals surface area contributed by atoms with Crippen molar-refractivity contribution in [2.24, 2.45) is 0 Å². The topological polar surface area (TPSA) is 9.23 Å². The summed E-state index contributed by atoms with van der Waals surface area (Å²) in [5, 5.41) is 0. The van der Waals surface area contributed by atoms with Gasteiger partial charge in [-0.1, -0.05) is 0 Å². The van der Waals surface area contributed by atoms with Crippen LogP contribution in [0.15, 0.2) is 115 Å². The summed E-state index contributed by atoms with van der Waals surface area (Å²) >= 11 is -3.52. The first kappa shape index (κ1) is 18.6. The fourth-order valence-electron chi connectivity index (χ4n) is 3.13. The first-order valence-electron chi connectivity index (χ1n) is 9.15. The first-order chi connectivity index (χ1) is 13.8. The van der Waals surface area contributed by atoms with E-state index in [1.807, 2.05) is 115 Å². The third kappa shape index (κ3) is 4.36. The van der Waals surface area contributed by atoms with E-state index in [0.717, 1.165) is 22.3 Å². The summed E-state index contributed by atoms with van der Waals surface area (Å²) in [6.45, 7) is 0. The Morgan fingerprint density at radius 2 is 1.07 bits per heavy atom. The van der Waals surface area contributed by atoms with Gasteiger partial charge in [0, 0.05) is 0 Å².